The predicted molar refractivity (Wildman–Crippen MR) is 114 cm³/mol. The maximum atomic E-state index is 13.2. The van der Waals surface area contributed by atoms with Gasteiger partial charge in [-0.05, 0) is 55.9 Å². The number of ether oxygens (including phenoxy) is 2. The minimum atomic E-state index is -3.80. The third-order valence-electron chi connectivity index (χ3n) is 5.49. The summed E-state index contributed by atoms with van der Waals surface area (Å²) in [6.45, 7) is 6.20. The van der Waals surface area contributed by atoms with Gasteiger partial charge >= 0.3 is 11.9 Å². The minimum Gasteiger partial charge on any atom is -0.465 e. The lowest BCUT2D eigenvalue weighted by Gasteiger charge is -2.29. The molecule has 1 N–H and O–H groups in total. The summed E-state index contributed by atoms with van der Waals surface area (Å²) < 4.78 is 37.1. The summed E-state index contributed by atoms with van der Waals surface area (Å²) in [6.07, 6.45) is 3.28. The molecule has 0 bridgehead atoms. The largest absolute Gasteiger partial charge is 0.465 e. The van der Waals surface area contributed by atoms with Crippen molar-refractivity contribution in [2.24, 2.45) is 11.8 Å². The smallest absolute Gasteiger partial charge is 0.310 e. The Bertz CT molecular complexity index is 1040. The zero-order valence-electron chi connectivity index (χ0n) is 18.1. The fourth-order valence-electron chi connectivity index (χ4n) is 3.81. The van der Waals surface area contributed by atoms with Crippen molar-refractivity contribution >= 4 is 21.8 Å². The lowest BCUT2D eigenvalue weighted by molar-refractivity contribution is -0.161. The Morgan fingerprint density at radius 2 is 1.52 bits per heavy atom. The number of esters is 2. The van der Waals surface area contributed by atoms with Crippen molar-refractivity contribution in [1.29, 1.82) is 0 Å². The number of aromatic nitrogens is 1. The highest BCUT2D eigenvalue weighted by atomic mass is 32.2. The van der Waals surface area contributed by atoms with Crippen molar-refractivity contribution in [3.63, 3.8) is 0 Å². The average Bonchev–Trinajstić information content (AvgIpc) is 3.19. The van der Waals surface area contributed by atoms with E-state index in [0.29, 0.717) is 24.0 Å². The number of H-pyrrole nitrogens is 1. The van der Waals surface area contributed by atoms with E-state index in [0.717, 1.165) is 5.56 Å². The van der Waals surface area contributed by atoms with Gasteiger partial charge in [-0.2, -0.15) is 0 Å². The number of fused-ring (bicyclic) bond motifs is 1. The molecule has 7 nitrogen and oxygen atoms in total. The molecule has 1 aromatic carbocycles. The van der Waals surface area contributed by atoms with Gasteiger partial charge in [-0.15, -0.1) is 0 Å². The lowest BCUT2D eigenvalue weighted by Crippen LogP contribution is -2.38. The standard InChI is InChI=1S/C23H29NO6S/c1-4-10-29-22(25)19-12-16-14-24-21(18(16)13-20(19)23(26)30-11-5-2)31(27,28)17-8-6-15(3)7-9-17/h6-9,14,19-20,24H,4-5,10-13H2,1-3H3/t19-,20-/m0/s1. The monoisotopic (exact) mass is 447 g/mol. The number of carbonyl (C=O) groups excluding carboxylic acids is 2. The van der Waals surface area contributed by atoms with Gasteiger partial charge in [-0.1, -0.05) is 31.5 Å². The lowest BCUT2D eigenvalue weighted by atomic mass is 9.77. The minimum absolute atomic E-state index is 0.0695. The molecular weight excluding hydrogens is 418 g/mol. The molecule has 31 heavy (non-hydrogen) atoms. The zero-order valence-corrected chi connectivity index (χ0v) is 19.0. The number of aromatic amines is 1. The molecule has 0 radical (unpaired) electrons. The van der Waals surface area contributed by atoms with E-state index in [1.807, 2.05) is 20.8 Å². The third-order valence-corrected chi connectivity index (χ3v) is 7.29. The molecule has 1 aromatic heterocycles. The van der Waals surface area contributed by atoms with Gasteiger partial charge in [-0.25, -0.2) is 8.42 Å². The summed E-state index contributed by atoms with van der Waals surface area (Å²) in [5.74, 6) is -2.43. The first-order chi connectivity index (χ1) is 14.8. The first-order valence-corrected chi connectivity index (χ1v) is 12.1. The number of hydrogen-bond acceptors (Lipinski definition) is 6. The van der Waals surface area contributed by atoms with Crippen LogP contribution in [-0.4, -0.2) is 38.6 Å². The molecule has 0 aliphatic heterocycles. The van der Waals surface area contributed by atoms with Gasteiger partial charge in [0.05, 0.1) is 29.9 Å². The third kappa shape index (κ3) is 4.84. The molecule has 3 rings (SSSR count). The Kier molecular flexibility index (Phi) is 7.20. The Balaban J connectivity index is 1.97. The number of benzene rings is 1. The Labute approximate surface area is 183 Å². The van der Waals surface area contributed by atoms with Gasteiger partial charge < -0.3 is 14.5 Å². The van der Waals surface area contributed by atoms with E-state index < -0.39 is 33.6 Å². The fraction of sp³-hybridized carbons (Fsp3) is 0.478. The molecule has 168 valence electrons. The van der Waals surface area contributed by atoms with Crippen LogP contribution in [0.2, 0.25) is 0 Å². The van der Waals surface area contributed by atoms with Crippen molar-refractivity contribution in [2.45, 2.75) is 56.4 Å². The topological polar surface area (TPSA) is 103 Å². The van der Waals surface area contributed by atoms with Gasteiger partial charge in [0, 0.05) is 6.20 Å². The molecule has 0 spiro atoms. The van der Waals surface area contributed by atoms with Crippen LogP contribution in [0.15, 0.2) is 40.4 Å². The van der Waals surface area contributed by atoms with Gasteiger partial charge in [0.1, 0.15) is 5.03 Å². The van der Waals surface area contributed by atoms with Crippen molar-refractivity contribution in [3.8, 4) is 0 Å². The van der Waals surface area contributed by atoms with E-state index in [9.17, 15) is 18.0 Å². The van der Waals surface area contributed by atoms with Crippen LogP contribution in [0.1, 0.15) is 43.4 Å². The molecule has 0 saturated carbocycles. The van der Waals surface area contributed by atoms with Crippen LogP contribution in [-0.2, 0) is 41.7 Å². The molecule has 0 saturated heterocycles. The second-order valence-corrected chi connectivity index (χ2v) is 9.78. The molecule has 0 amide bonds. The van der Waals surface area contributed by atoms with Crippen LogP contribution in [0.5, 0.6) is 0 Å². The quantitative estimate of drug-likeness (QED) is 0.622. The molecule has 1 aliphatic carbocycles. The Hall–Kier alpha value is -2.61. The van der Waals surface area contributed by atoms with Gasteiger partial charge in [0.25, 0.3) is 0 Å². The van der Waals surface area contributed by atoms with Crippen molar-refractivity contribution < 1.29 is 27.5 Å². The highest BCUT2D eigenvalue weighted by molar-refractivity contribution is 7.91. The molecule has 1 heterocycles. The number of rotatable bonds is 8. The predicted octanol–water partition coefficient (Wildman–Crippen LogP) is 3.39. The van der Waals surface area contributed by atoms with Crippen LogP contribution in [0.25, 0.3) is 0 Å². The molecule has 1 aliphatic rings. The summed E-state index contributed by atoms with van der Waals surface area (Å²) in [6, 6.07) is 6.62. The number of sulfone groups is 1. The molecule has 0 unspecified atom stereocenters. The molecule has 2 atom stereocenters. The highest BCUT2D eigenvalue weighted by Gasteiger charge is 2.42. The fourth-order valence-corrected chi connectivity index (χ4v) is 5.29. The van der Waals surface area contributed by atoms with Crippen molar-refractivity contribution in [3.05, 3.63) is 47.2 Å². The van der Waals surface area contributed by atoms with E-state index in [2.05, 4.69) is 4.98 Å². The number of aryl methyl sites for hydroxylation is 1. The van der Waals surface area contributed by atoms with E-state index >= 15 is 0 Å². The van der Waals surface area contributed by atoms with Gasteiger partial charge in [-0.3, -0.25) is 9.59 Å². The van der Waals surface area contributed by atoms with Crippen molar-refractivity contribution in [2.75, 3.05) is 13.2 Å². The molecule has 8 heteroatoms. The van der Waals surface area contributed by atoms with E-state index in [-0.39, 0.29) is 36.0 Å². The molecule has 2 aromatic rings. The first-order valence-electron chi connectivity index (χ1n) is 10.6. The summed E-state index contributed by atoms with van der Waals surface area (Å²) >= 11 is 0. The van der Waals surface area contributed by atoms with Crippen LogP contribution in [0.4, 0.5) is 0 Å². The molecular formula is C23H29NO6S. The normalized spacial score (nSPS) is 18.3. The SMILES string of the molecule is CCCOC(=O)[C@H]1Cc2c[nH]c(S(=O)(=O)c3ccc(C)cc3)c2C[C@@H]1C(=O)OCCC. The second kappa shape index (κ2) is 9.68. The van der Waals surface area contributed by atoms with Crippen LogP contribution >= 0.6 is 0 Å². The number of hydrogen-bond donors (Lipinski definition) is 1. The number of carbonyl (C=O) groups is 2. The van der Waals surface area contributed by atoms with E-state index in [1.165, 1.54) is 0 Å². The summed E-state index contributed by atoms with van der Waals surface area (Å²) in [4.78, 5) is 28.5. The first kappa shape index (κ1) is 23.1. The highest BCUT2D eigenvalue weighted by Crippen LogP contribution is 2.37. The number of nitrogens with one attached hydrogen (secondary N) is 1. The maximum Gasteiger partial charge on any atom is 0.310 e. The molecule has 0 fully saturated rings. The van der Waals surface area contributed by atoms with Crippen LogP contribution in [0, 0.1) is 18.8 Å². The zero-order chi connectivity index (χ0) is 22.6. The van der Waals surface area contributed by atoms with Gasteiger partial charge in [0.15, 0.2) is 0 Å². The Morgan fingerprint density at radius 1 is 0.968 bits per heavy atom. The van der Waals surface area contributed by atoms with Crippen LogP contribution in [0.3, 0.4) is 0 Å². The summed E-state index contributed by atoms with van der Waals surface area (Å²) in [7, 11) is -3.80. The van der Waals surface area contributed by atoms with E-state index in [4.69, 9.17) is 9.47 Å². The van der Waals surface area contributed by atoms with Crippen molar-refractivity contribution in [1.82, 2.24) is 4.98 Å². The summed E-state index contributed by atoms with van der Waals surface area (Å²) in [5.41, 5.74) is 2.21. The Morgan fingerprint density at radius 3 is 2.06 bits per heavy atom. The van der Waals surface area contributed by atoms with Gasteiger partial charge in [0.2, 0.25) is 9.84 Å². The second-order valence-electron chi connectivity index (χ2n) is 7.89. The average molecular weight is 448 g/mol. The van der Waals surface area contributed by atoms with Crippen LogP contribution < -0.4 is 0 Å². The maximum absolute atomic E-state index is 13.2. The summed E-state index contributed by atoms with van der Waals surface area (Å²) in [5, 5.41) is 0.0695. The van der Waals surface area contributed by atoms with E-state index in [1.54, 1.807) is 30.5 Å².